The third kappa shape index (κ3) is 3.59. The summed E-state index contributed by atoms with van der Waals surface area (Å²) in [6.07, 6.45) is 9.64. The van der Waals surface area contributed by atoms with Gasteiger partial charge in [-0.25, -0.2) is 0 Å². The summed E-state index contributed by atoms with van der Waals surface area (Å²) in [7, 11) is 0. The highest BCUT2D eigenvalue weighted by molar-refractivity contribution is 5.26. The van der Waals surface area contributed by atoms with Crippen LogP contribution in [0, 0.1) is 5.92 Å². The zero-order chi connectivity index (χ0) is 12.1. The number of hydrogen-bond acceptors (Lipinski definition) is 0. The fourth-order valence-corrected chi connectivity index (χ4v) is 2.91. The van der Waals surface area contributed by atoms with Crippen molar-refractivity contribution in [3.8, 4) is 0 Å². The number of benzene rings is 1. The molecule has 0 N–H and O–H groups in total. The van der Waals surface area contributed by atoms with Gasteiger partial charge in [0.05, 0.1) is 0 Å². The van der Waals surface area contributed by atoms with Crippen molar-refractivity contribution in [2.45, 2.75) is 64.7 Å². The van der Waals surface area contributed by atoms with Crippen LogP contribution < -0.4 is 0 Å². The summed E-state index contributed by atoms with van der Waals surface area (Å²) in [5, 5.41) is 0. The van der Waals surface area contributed by atoms with Crippen LogP contribution in [0.4, 0.5) is 0 Å². The lowest BCUT2D eigenvalue weighted by Crippen LogP contribution is -2.04. The Morgan fingerprint density at radius 1 is 1.06 bits per heavy atom. The summed E-state index contributed by atoms with van der Waals surface area (Å²) in [5.41, 5.74) is 3.09. The van der Waals surface area contributed by atoms with E-state index in [0.29, 0.717) is 0 Å². The first-order valence-corrected chi connectivity index (χ1v) is 7.38. The smallest absolute Gasteiger partial charge is 0.0162 e. The summed E-state index contributed by atoms with van der Waals surface area (Å²) >= 11 is 0. The van der Waals surface area contributed by atoms with Gasteiger partial charge < -0.3 is 0 Å². The van der Waals surface area contributed by atoms with Crippen molar-refractivity contribution in [3.05, 3.63) is 35.4 Å². The largest absolute Gasteiger partial charge is 0.0651 e. The summed E-state index contributed by atoms with van der Waals surface area (Å²) in [4.78, 5) is 0. The second-order valence-electron chi connectivity index (χ2n) is 5.79. The first-order valence-electron chi connectivity index (χ1n) is 7.38. The molecule has 0 saturated heterocycles. The normalized spacial score (nSPS) is 19.2. The van der Waals surface area contributed by atoms with Gasteiger partial charge in [-0.15, -0.1) is 0 Å². The van der Waals surface area contributed by atoms with Crippen LogP contribution in [0.3, 0.4) is 0 Å². The monoisotopic (exact) mass is 230 g/mol. The molecule has 1 unspecified atom stereocenters. The van der Waals surface area contributed by atoms with Gasteiger partial charge in [-0.2, -0.15) is 0 Å². The molecule has 0 nitrogen and oxygen atoms in total. The molecule has 94 valence electrons. The Kier molecular flexibility index (Phi) is 4.65. The molecular formula is C17H26. The molecule has 1 fully saturated rings. The van der Waals surface area contributed by atoms with Crippen molar-refractivity contribution >= 4 is 0 Å². The highest BCUT2D eigenvalue weighted by Gasteiger charge is 2.15. The molecule has 0 amide bonds. The average Bonchev–Trinajstić information content (AvgIpc) is 2.40. The maximum absolute atomic E-state index is 2.38. The second kappa shape index (κ2) is 6.23. The number of rotatable bonds is 4. The van der Waals surface area contributed by atoms with Crippen LogP contribution in [0.15, 0.2) is 24.3 Å². The average molecular weight is 230 g/mol. The fourth-order valence-electron chi connectivity index (χ4n) is 2.91. The third-order valence-electron chi connectivity index (χ3n) is 4.34. The molecule has 1 saturated carbocycles. The molecule has 0 aromatic heterocycles. The van der Waals surface area contributed by atoms with Crippen LogP contribution >= 0.6 is 0 Å². The van der Waals surface area contributed by atoms with E-state index in [9.17, 15) is 0 Å². The van der Waals surface area contributed by atoms with E-state index in [1.807, 2.05) is 0 Å². The van der Waals surface area contributed by atoms with E-state index < -0.39 is 0 Å². The molecule has 0 radical (unpaired) electrons. The molecule has 0 spiro atoms. The Hall–Kier alpha value is -0.780. The highest BCUT2D eigenvalue weighted by atomic mass is 14.2. The SMILES string of the molecule is CCC(C)Cc1ccc(C2CCCCC2)cc1. The molecule has 17 heavy (non-hydrogen) atoms. The minimum Gasteiger partial charge on any atom is -0.0651 e. The molecule has 1 aromatic rings. The minimum absolute atomic E-state index is 0.815. The predicted octanol–water partition coefficient (Wildman–Crippen LogP) is 5.32. The molecule has 2 rings (SSSR count). The summed E-state index contributed by atoms with van der Waals surface area (Å²) in [5.74, 6) is 1.66. The number of hydrogen-bond donors (Lipinski definition) is 0. The van der Waals surface area contributed by atoms with Crippen molar-refractivity contribution in [2.24, 2.45) is 5.92 Å². The third-order valence-corrected chi connectivity index (χ3v) is 4.34. The Labute approximate surface area is 106 Å². The summed E-state index contributed by atoms with van der Waals surface area (Å²) in [6.45, 7) is 4.62. The quantitative estimate of drug-likeness (QED) is 0.656. The van der Waals surface area contributed by atoms with Crippen LogP contribution in [0.5, 0.6) is 0 Å². The van der Waals surface area contributed by atoms with Gasteiger partial charge in [-0.05, 0) is 42.2 Å². The Morgan fingerprint density at radius 3 is 2.29 bits per heavy atom. The Bertz CT molecular complexity index is 316. The fraction of sp³-hybridized carbons (Fsp3) is 0.647. The van der Waals surface area contributed by atoms with Crippen molar-refractivity contribution < 1.29 is 0 Å². The van der Waals surface area contributed by atoms with Crippen LogP contribution in [-0.4, -0.2) is 0 Å². The van der Waals surface area contributed by atoms with E-state index in [2.05, 4.69) is 38.1 Å². The lowest BCUT2D eigenvalue weighted by molar-refractivity contribution is 0.443. The maximum Gasteiger partial charge on any atom is -0.0162 e. The molecule has 1 aromatic carbocycles. The van der Waals surface area contributed by atoms with Crippen molar-refractivity contribution in [1.29, 1.82) is 0 Å². The lowest BCUT2D eigenvalue weighted by atomic mass is 9.83. The van der Waals surface area contributed by atoms with E-state index in [4.69, 9.17) is 0 Å². The van der Waals surface area contributed by atoms with Gasteiger partial charge in [0, 0.05) is 0 Å². The van der Waals surface area contributed by atoms with E-state index in [-0.39, 0.29) is 0 Å². The molecule has 0 bridgehead atoms. The second-order valence-corrected chi connectivity index (χ2v) is 5.79. The van der Waals surface area contributed by atoms with Crippen molar-refractivity contribution in [3.63, 3.8) is 0 Å². The standard InChI is InChI=1S/C17H26/c1-3-14(2)13-15-9-11-17(12-10-15)16-7-5-4-6-8-16/h9-12,14,16H,3-8,13H2,1-2H3. The molecule has 1 aliphatic carbocycles. The van der Waals surface area contributed by atoms with E-state index in [1.54, 1.807) is 5.56 Å². The van der Waals surface area contributed by atoms with Crippen molar-refractivity contribution in [2.75, 3.05) is 0 Å². The first-order chi connectivity index (χ1) is 8.29. The van der Waals surface area contributed by atoms with Crippen LogP contribution in [0.1, 0.15) is 69.4 Å². The van der Waals surface area contributed by atoms with Crippen LogP contribution in [-0.2, 0) is 6.42 Å². The zero-order valence-corrected chi connectivity index (χ0v) is 11.4. The molecule has 0 heterocycles. The lowest BCUT2D eigenvalue weighted by Gasteiger charge is -2.22. The first kappa shape index (κ1) is 12.7. The van der Waals surface area contributed by atoms with Gasteiger partial charge in [-0.3, -0.25) is 0 Å². The Balaban J connectivity index is 1.97. The van der Waals surface area contributed by atoms with Gasteiger partial charge in [0.1, 0.15) is 0 Å². The zero-order valence-electron chi connectivity index (χ0n) is 11.4. The van der Waals surface area contributed by atoms with Gasteiger partial charge in [0.25, 0.3) is 0 Å². The summed E-state index contributed by atoms with van der Waals surface area (Å²) in [6, 6.07) is 9.48. The predicted molar refractivity (Wildman–Crippen MR) is 75.4 cm³/mol. The molecule has 1 atom stereocenters. The van der Waals surface area contributed by atoms with E-state index in [1.165, 1.54) is 50.5 Å². The van der Waals surface area contributed by atoms with Crippen molar-refractivity contribution in [1.82, 2.24) is 0 Å². The highest BCUT2D eigenvalue weighted by Crippen LogP contribution is 2.32. The molecular weight excluding hydrogens is 204 g/mol. The van der Waals surface area contributed by atoms with Crippen LogP contribution in [0.25, 0.3) is 0 Å². The molecule has 0 heteroatoms. The van der Waals surface area contributed by atoms with Gasteiger partial charge >= 0.3 is 0 Å². The Morgan fingerprint density at radius 2 is 1.71 bits per heavy atom. The van der Waals surface area contributed by atoms with E-state index >= 15 is 0 Å². The van der Waals surface area contributed by atoms with Gasteiger partial charge in [0.15, 0.2) is 0 Å². The van der Waals surface area contributed by atoms with Gasteiger partial charge in [-0.1, -0.05) is 63.8 Å². The minimum atomic E-state index is 0.815. The topological polar surface area (TPSA) is 0 Å². The van der Waals surface area contributed by atoms with E-state index in [0.717, 1.165) is 11.8 Å². The van der Waals surface area contributed by atoms with Gasteiger partial charge in [0.2, 0.25) is 0 Å². The molecule has 1 aliphatic rings. The summed E-state index contributed by atoms with van der Waals surface area (Å²) < 4.78 is 0. The molecule has 0 aliphatic heterocycles. The maximum atomic E-state index is 2.38. The van der Waals surface area contributed by atoms with Crippen LogP contribution in [0.2, 0.25) is 0 Å².